The summed E-state index contributed by atoms with van der Waals surface area (Å²) in [4.78, 5) is 12.6. The van der Waals surface area contributed by atoms with Crippen LogP contribution in [-0.2, 0) is 5.54 Å². The quantitative estimate of drug-likeness (QED) is 0.704. The molecule has 0 saturated carbocycles. The number of hydrogen-bond donors (Lipinski definition) is 2. The lowest BCUT2D eigenvalue weighted by atomic mass is 9.94. The summed E-state index contributed by atoms with van der Waals surface area (Å²) in [6.07, 6.45) is 0. The predicted octanol–water partition coefficient (Wildman–Crippen LogP) is 4.69. The van der Waals surface area contributed by atoms with E-state index in [1.165, 1.54) is 12.1 Å². The normalized spacial score (nSPS) is 11.3. The third kappa shape index (κ3) is 4.00. The van der Waals surface area contributed by atoms with Gasteiger partial charge in [0, 0.05) is 0 Å². The van der Waals surface area contributed by atoms with Crippen LogP contribution >= 0.6 is 0 Å². The monoisotopic (exact) mass is 366 g/mol. The number of amides is 2. The number of benzene rings is 2. The van der Waals surface area contributed by atoms with E-state index < -0.39 is 5.54 Å². The number of hydrogen-bond acceptors (Lipinski definition) is 2. The zero-order valence-corrected chi connectivity index (χ0v) is 15.9. The Bertz CT molecular complexity index is 946. The lowest BCUT2D eigenvalue weighted by molar-refractivity contribution is 0.242. The maximum atomic E-state index is 13.1. The highest BCUT2D eigenvalue weighted by Gasteiger charge is 2.24. The SMILES string of the molecule is Cc1nn(-c2ccccc2)c(C)c1NC(=O)NC(C)(C)c1ccc(F)cc1. The molecule has 5 nitrogen and oxygen atoms in total. The fourth-order valence-corrected chi connectivity index (χ4v) is 3.01. The van der Waals surface area contributed by atoms with Crippen LogP contribution in [0.3, 0.4) is 0 Å². The third-order valence-electron chi connectivity index (χ3n) is 4.52. The molecule has 6 heteroatoms. The first-order chi connectivity index (χ1) is 12.8. The Hall–Kier alpha value is -3.15. The minimum Gasteiger partial charge on any atom is -0.329 e. The summed E-state index contributed by atoms with van der Waals surface area (Å²) in [7, 11) is 0. The summed E-state index contributed by atoms with van der Waals surface area (Å²) in [6.45, 7) is 7.50. The fourth-order valence-electron chi connectivity index (χ4n) is 3.01. The van der Waals surface area contributed by atoms with E-state index in [1.54, 1.807) is 16.8 Å². The van der Waals surface area contributed by atoms with Crippen LogP contribution in [0.4, 0.5) is 14.9 Å². The van der Waals surface area contributed by atoms with Crippen LogP contribution in [0, 0.1) is 19.7 Å². The van der Waals surface area contributed by atoms with Crippen molar-refractivity contribution >= 4 is 11.7 Å². The van der Waals surface area contributed by atoms with Gasteiger partial charge in [-0.25, -0.2) is 13.9 Å². The van der Waals surface area contributed by atoms with Crippen LogP contribution in [0.1, 0.15) is 30.8 Å². The zero-order valence-electron chi connectivity index (χ0n) is 15.9. The molecule has 3 rings (SSSR count). The molecule has 2 aromatic carbocycles. The number of aryl methyl sites for hydroxylation is 1. The summed E-state index contributed by atoms with van der Waals surface area (Å²) in [5.74, 6) is -0.307. The molecule has 1 aromatic heterocycles. The highest BCUT2D eigenvalue weighted by molar-refractivity contribution is 5.91. The van der Waals surface area contributed by atoms with Gasteiger partial charge < -0.3 is 10.6 Å². The molecular weight excluding hydrogens is 343 g/mol. The lowest BCUT2D eigenvalue weighted by Crippen LogP contribution is -2.43. The third-order valence-corrected chi connectivity index (χ3v) is 4.52. The van der Waals surface area contributed by atoms with Crippen molar-refractivity contribution in [2.45, 2.75) is 33.2 Å². The van der Waals surface area contributed by atoms with E-state index in [2.05, 4.69) is 15.7 Å². The number of aromatic nitrogens is 2. The first-order valence-electron chi connectivity index (χ1n) is 8.75. The van der Waals surface area contributed by atoms with Gasteiger partial charge in [0.25, 0.3) is 0 Å². The molecule has 2 N–H and O–H groups in total. The van der Waals surface area contributed by atoms with E-state index in [4.69, 9.17) is 0 Å². The number of nitrogens with one attached hydrogen (secondary N) is 2. The van der Waals surface area contributed by atoms with E-state index in [-0.39, 0.29) is 11.8 Å². The minimum atomic E-state index is -0.658. The van der Waals surface area contributed by atoms with Crippen molar-refractivity contribution in [2.24, 2.45) is 0 Å². The number of rotatable bonds is 4. The predicted molar refractivity (Wildman–Crippen MR) is 105 cm³/mol. The molecule has 0 spiro atoms. The van der Waals surface area contributed by atoms with Gasteiger partial charge in [0.15, 0.2) is 0 Å². The van der Waals surface area contributed by atoms with Crippen LogP contribution in [0.2, 0.25) is 0 Å². The maximum Gasteiger partial charge on any atom is 0.320 e. The van der Waals surface area contributed by atoms with Gasteiger partial charge in [0.05, 0.1) is 28.3 Å². The van der Waals surface area contributed by atoms with Crippen LogP contribution in [0.15, 0.2) is 54.6 Å². The molecule has 3 aromatic rings. The molecule has 0 aliphatic carbocycles. The molecule has 140 valence electrons. The molecule has 0 unspecified atom stereocenters. The Kier molecular flexibility index (Phi) is 4.99. The number of nitrogens with zero attached hydrogens (tertiary/aromatic N) is 2. The highest BCUT2D eigenvalue weighted by atomic mass is 19.1. The Morgan fingerprint density at radius 2 is 1.67 bits per heavy atom. The van der Waals surface area contributed by atoms with Gasteiger partial charge in [-0.15, -0.1) is 0 Å². The molecule has 0 aliphatic rings. The van der Waals surface area contributed by atoms with E-state index in [0.717, 1.165) is 22.6 Å². The van der Waals surface area contributed by atoms with Crippen LogP contribution in [-0.4, -0.2) is 15.8 Å². The smallest absolute Gasteiger partial charge is 0.320 e. The number of carbonyl (C=O) groups excluding carboxylic acids is 1. The highest BCUT2D eigenvalue weighted by Crippen LogP contribution is 2.24. The summed E-state index contributed by atoms with van der Waals surface area (Å²) in [6, 6.07) is 15.5. The Morgan fingerprint density at radius 1 is 1.04 bits per heavy atom. The summed E-state index contributed by atoms with van der Waals surface area (Å²) in [5.41, 5.74) is 3.33. The molecular formula is C21H23FN4O. The number of para-hydroxylation sites is 1. The number of carbonyl (C=O) groups is 1. The second-order valence-electron chi connectivity index (χ2n) is 7.00. The van der Waals surface area contributed by atoms with Gasteiger partial charge in [-0.05, 0) is 57.5 Å². The molecule has 2 amide bonds. The number of anilines is 1. The van der Waals surface area contributed by atoms with E-state index in [0.29, 0.717) is 5.69 Å². The van der Waals surface area contributed by atoms with Crippen molar-refractivity contribution < 1.29 is 9.18 Å². The molecule has 0 saturated heterocycles. The summed E-state index contributed by atoms with van der Waals surface area (Å²) < 4.78 is 14.9. The second kappa shape index (κ2) is 7.23. The first-order valence-corrected chi connectivity index (χ1v) is 8.75. The van der Waals surface area contributed by atoms with Gasteiger partial charge in [-0.2, -0.15) is 5.10 Å². The Balaban J connectivity index is 1.78. The van der Waals surface area contributed by atoms with Crippen molar-refractivity contribution in [1.29, 1.82) is 0 Å². The summed E-state index contributed by atoms with van der Waals surface area (Å²) >= 11 is 0. The molecule has 0 bridgehead atoms. The average Bonchev–Trinajstić information content (AvgIpc) is 2.90. The van der Waals surface area contributed by atoms with Crippen molar-refractivity contribution in [3.05, 3.63) is 77.4 Å². The van der Waals surface area contributed by atoms with Crippen molar-refractivity contribution in [2.75, 3.05) is 5.32 Å². The second-order valence-corrected chi connectivity index (χ2v) is 7.00. The fraction of sp³-hybridized carbons (Fsp3) is 0.238. The lowest BCUT2D eigenvalue weighted by Gasteiger charge is -2.27. The minimum absolute atomic E-state index is 0.307. The van der Waals surface area contributed by atoms with Gasteiger partial charge in [-0.1, -0.05) is 30.3 Å². The number of urea groups is 1. The maximum absolute atomic E-state index is 13.1. The first kappa shape index (κ1) is 18.6. The standard InChI is InChI=1S/C21H23FN4O/c1-14-19(15(2)26(25-14)18-8-6-5-7-9-18)23-20(27)24-21(3,4)16-10-12-17(22)13-11-16/h5-13H,1-4H3,(H2,23,24,27). The van der Waals surface area contributed by atoms with Crippen molar-refractivity contribution in [1.82, 2.24) is 15.1 Å². The molecule has 0 atom stereocenters. The van der Waals surface area contributed by atoms with Gasteiger partial charge in [0.1, 0.15) is 5.82 Å². The molecule has 1 heterocycles. The van der Waals surface area contributed by atoms with Gasteiger partial charge >= 0.3 is 6.03 Å². The molecule has 0 fully saturated rings. The average molecular weight is 366 g/mol. The van der Waals surface area contributed by atoms with Crippen LogP contribution in [0.25, 0.3) is 5.69 Å². The van der Waals surface area contributed by atoms with E-state index in [9.17, 15) is 9.18 Å². The van der Waals surface area contributed by atoms with Gasteiger partial charge in [-0.3, -0.25) is 0 Å². The van der Waals surface area contributed by atoms with Crippen molar-refractivity contribution in [3.63, 3.8) is 0 Å². The van der Waals surface area contributed by atoms with Crippen LogP contribution < -0.4 is 10.6 Å². The molecule has 27 heavy (non-hydrogen) atoms. The van der Waals surface area contributed by atoms with E-state index in [1.807, 2.05) is 58.0 Å². The molecule has 0 radical (unpaired) electrons. The van der Waals surface area contributed by atoms with Crippen LogP contribution in [0.5, 0.6) is 0 Å². The van der Waals surface area contributed by atoms with Crippen molar-refractivity contribution in [3.8, 4) is 5.69 Å². The topological polar surface area (TPSA) is 59.0 Å². The van der Waals surface area contributed by atoms with Gasteiger partial charge in [0.2, 0.25) is 0 Å². The Morgan fingerprint density at radius 3 is 2.30 bits per heavy atom. The Labute approximate surface area is 158 Å². The summed E-state index contributed by atoms with van der Waals surface area (Å²) in [5, 5.41) is 10.4. The van der Waals surface area contributed by atoms with E-state index >= 15 is 0 Å². The number of halogens is 1. The largest absolute Gasteiger partial charge is 0.329 e. The zero-order chi connectivity index (χ0) is 19.6. The molecule has 0 aliphatic heterocycles.